The number of hydrogen-bond donors (Lipinski definition) is 1. The van der Waals surface area contributed by atoms with Gasteiger partial charge in [-0.3, -0.25) is 4.79 Å². The molecule has 24 heavy (non-hydrogen) atoms. The number of benzene rings is 1. The fourth-order valence-electron chi connectivity index (χ4n) is 3.16. The summed E-state index contributed by atoms with van der Waals surface area (Å²) in [6.07, 6.45) is 4.82. The van der Waals surface area contributed by atoms with Crippen molar-refractivity contribution in [2.24, 2.45) is 5.92 Å². The van der Waals surface area contributed by atoms with Gasteiger partial charge in [-0.15, -0.1) is 18.2 Å². The molecule has 0 bridgehead atoms. The summed E-state index contributed by atoms with van der Waals surface area (Å²) in [4.78, 5) is 18.1. The Labute approximate surface area is 142 Å². The van der Waals surface area contributed by atoms with Gasteiger partial charge in [-0.05, 0) is 36.1 Å². The smallest absolute Gasteiger partial charge is 0.328 e. The van der Waals surface area contributed by atoms with Gasteiger partial charge in [0.15, 0.2) is 0 Å². The van der Waals surface area contributed by atoms with Crippen LogP contribution in [-0.4, -0.2) is 29.2 Å². The molecule has 0 saturated heterocycles. The van der Waals surface area contributed by atoms with Gasteiger partial charge in [0, 0.05) is 12.3 Å². The first-order valence-electron chi connectivity index (χ1n) is 7.98. The normalized spacial score (nSPS) is 19.2. The molecule has 0 aromatic heterocycles. The Hall–Kier alpha value is -2.58. The van der Waals surface area contributed by atoms with E-state index in [9.17, 15) is 9.90 Å². The molecule has 2 unspecified atom stereocenters. The van der Waals surface area contributed by atoms with Gasteiger partial charge in [0.1, 0.15) is 5.75 Å². The zero-order chi connectivity index (χ0) is 17.5. The number of nitrogens with zero attached hydrogens (tertiary/aromatic N) is 2. The third-order valence-corrected chi connectivity index (χ3v) is 4.23. The minimum atomic E-state index is -0.376. The molecule has 5 nitrogen and oxygen atoms in total. The maximum absolute atomic E-state index is 12.6. The van der Waals surface area contributed by atoms with E-state index < -0.39 is 0 Å². The van der Waals surface area contributed by atoms with E-state index in [2.05, 4.69) is 19.2 Å². The molecule has 2 atom stereocenters. The van der Waals surface area contributed by atoms with Crippen molar-refractivity contribution in [3.63, 3.8) is 0 Å². The van der Waals surface area contributed by atoms with Crippen LogP contribution < -0.4 is 0 Å². The molecule has 0 saturated carbocycles. The van der Waals surface area contributed by atoms with Crippen LogP contribution in [0, 0.1) is 17.2 Å². The number of phenolic OH excluding ortho intramolecular Hbond substituents is 1. The van der Waals surface area contributed by atoms with Gasteiger partial charge < -0.3 is 9.94 Å². The Morgan fingerprint density at radius 3 is 2.75 bits per heavy atom. The van der Waals surface area contributed by atoms with Crippen molar-refractivity contribution in [2.45, 2.75) is 25.2 Å². The molecular formula is C19H22N2O3. The zero-order valence-electron chi connectivity index (χ0n) is 13.6. The van der Waals surface area contributed by atoms with Gasteiger partial charge >= 0.3 is 5.97 Å². The van der Waals surface area contributed by atoms with Gasteiger partial charge in [-0.2, -0.15) is 5.26 Å². The van der Waals surface area contributed by atoms with E-state index in [-0.39, 0.29) is 30.0 Å². The van der Waals surface area contributed by atoms with E-state index in [0.717, 1.165) is 11.1 Å². The lowest BCUT2D eigenvalue weighted by Crippen LogP contribution is -2.35. The van der Waals surface area contributed by atoms with Crippen LogP contribution in [0.4, 0.5) is 0 Å². The highest BCUT2D eigenvalue weighted by Crippen LogP contribution is 2.40. The second-order valence-electron chi connectivity index (χ2n) is 5.83. The maximum atomic E-state index is 12.6. The standard InChI is InChI=1S/C19H22N2O3/c1-3-11-21(12-4-2)24-19(23)18-7-5-14-13-15(22)6-8-16(14)17(18)9-10-20/h3-4,6,8,13,17-18,22H,1-2,5,7,9,11-12H2. The van der Waals surface area contributed by atoms with Gasteiger partial charge in [0.2, 0.25) is 0 Å². The van der Waals surface area contributed by atoms with E-state index >= 15 is 0 Å². The van der Waals surface area contributed by atoms with Crippen molar-refractivity contribution in [3.05, 3.63) is 54.6 Å². The molecular weight excluding hydrogens is 304 g/mol. The van der Waals surface area contributed by atoms with Crippen molar-refractivity contribution in [1.29, 1.82) is 5.26 Å². The van der Waals surface area contributed by atoms with Crippen LogP contribution in [-0.2, 0) is 16.1 Å². The summed E-state index contributed by atoms with van der Waals surface area (Å²) >= 11 is 0. The first-order chi connectivity index (χ1) is 11.6. The predicted octanol–water partition coefficient (Wildman–Crippen LogP) is 3.08. The zero-order valence-corrected chi connectivity index (χ0v) is 13.6. The fourth-order valence-corrected chi connectivity index (χ4v) is 3.16. The summed E-state index contributed by atoms with van der Waals surface area (Å²) in [5.74, 6) is -0.730. The van der Waals surface area contributed by atoms with Crippen molar-refractivity contribution in [1.82, 2.24) is 5.06 Å². The number of aromatic hydroxyl groups is 1. The molecule has 126 valence electrons. The number of aryl methyl sites for hydroxylation is 1. The van der Waals surface area contributed by atoms with E-state index in [0.29, 0.717) is 25.9 Å². The number of carbonyl (C=O) groups is 1. The van der Waals surface area contributed by atoms with E-state index in [1.54, 1.807) is 30.4 Å². The minimum Gasteiger partial charge on any atom is -0.508 e. The lowest BCUT2D eigenvalue weighted by atomic mass is 9.73. The summed E-state index contributed by atoms with van der Waals surface area (Å²) in [6, 6.07) is 7.28. The lowest BCUT2D eigenvalue weighted by Gasteiger charge is -2.32. The molecule has 1 aliphatic carbocycles. The molecule has 1 aromatic rings. The second-order valence-corrected chi connectivity index (χ2v) is 5.83. The van der Waals surface area contributed by atoms with Crippen molar-refractivity contribution in [2.75, 3.05) is 13.1 Å². The van der Waals surface area contributed by atoms with Crippen molar-refractivity contribution < 1.29 is 14.7 Å². The molecule has 1 aromatic carbocycles. The first-order valence-corrected chi connectivity index (χ1v) is 7.98. The van der Waals surface area contributed by atoms with E-state index in [1.165, 1.54) is 5.06 Å². The molecule has 0 heterocycles. The lowest BCUT2D eigenvalue weighted by molar-refractivity contribution is -0.192. The van der Waals surface area contributed by atoms with Gasteiger partial charge in [0.05, 0.1) is 25.1 Å². The molecule has 5 heteroatoms. The topological polar surface area (TPSA) is 73.6 Å². The number of carbonyl (C=O) groups excluding carboxylic acids is 1. The van der Waals surface area contributed by atoms with Crippen LogP contribution in [0.5, 0.6) is 5.75 Å². The Bertz CT molecular complexity index is 653. The average Bonchev–Trinajstić information content (AvgIpc) is 2.55. The third-order valence-electron chi connectivity index (χ3n) is 4.23. The molecule has 0 spiro atoms. The Kier molecular flexibility index (Phi) is 6.16. The monoisotopic (exact) mass is 326 g/mol. The SMILES string of the molecule is C=CCN(CC=C)OC(=O)C1CCc2cc(O)ccc2C1CC#N. The van der Waals surface area contributed by atoms with Gasteiger partial charge in [-0.1, -0.05) is 18.2 Å². The molecule has 0 aliphatic heterocycles. The Balaban J connectivity index is 2.20. The van der Waals surface area contributed by atoms with Crippen LogP contribution in [0.25, 0.3) is 0 Å². The van der Waals surface area contributed by atoms with Crippen LogP contribution in [0.3, 0.4) is 0 Å². The number of hydroxylamine groups is 2. The highest BCUT2D eigenvalue weighted by molar-refractivity contribution is 5.74. The second kappa shape index (κ2) is 8.32. The van der Waals surface area contributed by atoms with E-state index in [1.807, 2.05) is 0 Å². The number of nitriles is 1. The number of fused-ring (bicyclic) bond motifs is 1. The van der Waals surface area contributed by atoms with Crippen LogP contribution in [0.2, 0.25) is 0 Å². The van der Waals surface area contributed by atoms with Crippen molar-refractivity contribution in [3.8, 4) is 11.8 Å². The van der Waals surface area contributed by atoms with Crippen molar-refractivity contribution >= 4 is 5.97 Å². The number of rotatable bonds is 7. The third kappa shape index (κ3) is 4.03. The molecule has 1 N–H and O–H groups in total. The average molecular weight is 326 g/mol. The highest BCUT2D eigenvalue weighted by atomic mass is 16.7. The van der Waals surface area contributed by atoms with Gasteiger partial charge in [0.25, 0.3) is 0 Å². The summed E-state index contributed by atoms with van der Waals surface area (Å²) in [5, 5.41) is 20.3. The van der Waals surface area contributed by atoms with Crippen LogP contribution in [0.15, 0.2) is 43.5 Å². The van der Waals surface area contributed by atoms with Gasteiger partial charge in [-0.25, -0.2) is 0 Å². The maximum Gasteiger partial charge on any atom is 0.328 e. The minimum absolute atomic E-state index is 0.202. The first kappa shape index (κ1) is 17.8. The quantitative estimate of drug-likeness (QED) is 0.616. The molecule has 0 radical (unpaired) electrons. The Morgan fingerprint density at radius 1 is 1.42 bits per heavy atom. The molecule has 2 rings (SSSR count). The summed E-state index contributed by atoms with van der Waals surface area (Å²) < 4.78 is 0. The van der Waals surface area contributed by atoms with E-state index in [4.69, 9.17) is 10.1 Å². The summed E-state index contributed by atoms with van der Waals surface area (Å²) in [7, 11) is 0. The molecule has 0 amide bonds. The van der Waals surface area contributed by atoms with Crippen LogP contribution >= 0.6 is 0 Å². The molecule has 0 fully saturated rings. The summed E-state index contributed by atoms with van der Waals surface area (Å²) in [5.41, 5.74) is 1.94. The highest BCUT2D eigenvalue weighted by Gasteiger charge is 2.36. The predicted molar refractivity (Wildman–Crippen MR) is 90.9 cm³/mol. The number of hydrogen-bond acceptors (Lipinski definition) is 5. The fraction of sp³-hybridized carbons (Fsp3) is 0.368. The van der Waals surface area contributed by atoms with Crippen LogP contribution in [0.1, 0.15) is 29.9 Å². The number of phenols is 1. The molecule has 1 aliphatic rings. The largest absolute Gasteiger partial charge is 0.508 e. The summed E-state index contributed by atoms with van der Waals surface area (Å²) in [6.45, 7) is 8.13. The Morgan fingerprint density at radius 2 is 2.12 bits per heavy atom.